The Bertz CT molecular complexity index is 1240. The van der Waals surface area contributed by atoms with E-state index in [4.69, 9.17) is 15.2 Å². The van der Waals surface area contributed by atoms with Crippen molar-refractivity contribution in [2.45, 2.75) is 59.1 Å². The molecule has 0 radical (unpaired) electrons. The van der Waals surface area contributed by atoms with E-state index in [0.29, 0.717) is 18.8 Å². The SMILES string of the molecule is CC.CCCc1cccc(-c2ccc(OCc3ccc(OC)cc3)c([C@@]3(CC)N=C(N)N(C)C3=O)c2)c1. The molecule has 6 heteroatoms. The molecule has 0 aliphatic carbocycles. The molecule has 0 unspecified atom stereocenters. The minimum absolute atomic E-state index is 0.149. The molecule has 0 saturated carbocycles. The maximum atomic E-state index is 13.4. The van der Waals surface area contributed by atoms with E-state index in [1.807, 2.05) is 63.2 Å². The van der Waals surface area contributed by atoms with Gasteiger partial charge in [-0.2, -0.15) is 0 Å². The average Bonchev–Trinajstić information content (AvgIpc) is 3.17. The molecule has 6 nitrogen and oxygen atoms in total. The van der Waals surface area contributed by atoms with Gasteiger partial charge in [-0.3, -0.25) is 9.69 Å². The third-order valence-electron chi connectivity index (χ3n) is 6.60. The topological polar surface area (TPSA) is 77.2 Å². The molecule has 0 bridgehead atoms. The van der Waals surface area contributed by atoms with Crippen molar-refractivity contribution >= 4 is 11.9 Å². The number of guanidine groups is 1. The van der Waals surface area contributed by atoms with Crippen LogP contribution in [0.5, 0.6) is 11.5 Å². The van der Waals surface area contributed by atoms with Crippen LogP contribution in [0.25, 0.3) is 11.1 Å². The Kier molecular flexibility index (Phi) is 9.34. The van der Waals surface area contributed by atoms with E-state index in [1.54, 1.807) is 14.2 Å². The first kappa shape index (κ1) is 27.8. The normalized spacial score (nSPS) is 16.6. The molecule has 1 amide bonds. The molecule has 1 heterocycles. The lowest BCUT2D eigenvalue weighted by molar-refractivity contribution is -0.130. The van der Waals surface area contributed by atoms with E-state index in [0.717, 1.165) is 40.8 Å². The fourth-order valence-electron chi connectivity index (χ4n) is 4.53. The van der Waals surface area contributed by atoms with Gasteiger partial charge >= 0.3 is 0 Å². The molecule has 2 N–H and O–H groups in total. The van der Waals surface area contributed by atoms with E-state index in [9.17, 15) is 4.79 Å². The monoisotopic (exact) mass is 501 g/mol. The molecule has 0 spiro atoms. The molecule has 3 aromatic rings. The second-order valence-electron chi connectivity index (χ2n) is 8.85. The van der Waals surface area contributed by atoms with Gasteiger partial charge in [0.2, 0.25) is 0 Å². The largest absolute Gasteiger partial charge is 0.497 e. The summed E-state index contributed by atoms with van der Waals surface area (Å²) < 4.78 is 11.5. The summed E-state index contributed by atoms with van der Waals surface area (Å²) in [6.45, 7) is 8.48. The van der Waals surface area contributed by atoms with Crippen molar-refractivity contribution in [3.8, 4) is 22.6 Å². The summed E-state index contributed by atoms with van der Waals surface area (Å²) in [6, 6.07) is 22.3. The van der Waals surface area contributed by atoms with Crippen molar-refractivity contribution in [1.82, 2.24) is 4.90 Å². The van der Waals surface area contributed by atoms with Crippen LogP contribution in [0.4, 0.5) is 0 Å². The number of hydrogen-bond donors (Lipinski definition) is 1. The summed E-state index contributed by atoms with van der Waals surface area (Å²) in [4.78, 5) is 19.5. The van der Waals surface area contributed by atoms with Crippen LogP contribution in [-0.2, 0) is 23.4 Å². The van der Waals surface area contributed by atoms with Gasteiger partial charge in [0.1, 0.15) is 18.1 Å². The molecule has 0 aromatic heterocycles. The van der Waals surface area contributed by atoms with Crippen molar-refractivity contribution in [3.05, 3.63) is 83.4 Å². The van der Waals surface area contributed by atoms with Gasteiger partial charge in [-0.15, -0.1) is 0 Å². The summed E-state index contributed by atoms with van der Waals surface area (Å²) in [7, 11) is 3.30. The molecule has 3 aromatic carbocycles. The zero-order valence-electron chi connectivity index (χ0n) is 22.9. The van der Waals surface area contributed by atoms with Crippen LogP contribution in [0.15, 0.2) is 71.7 Å². The molecular formula is C31H39N3O3. The Balaban J connectivity index is 0.00000186. The predicted octanol–water partition coefficient (Wildman–Crippen LogP) is 6.31. The van der Waals surface area contributed by atoms with Crippen LogP contribution < -0.4 is 15.2 Å². The summed E-state index contributed by atoms with van der Waals surface area (Å²) >= 11 is 0. The lowest BCUT2D eigenvalue weighted by atomic mass is 9.84. The van der Waals surface area contributed by atoms with E-state index < -0.39 is 5.54 Å². The molecule has 4 rings (SSSR count). The summed E-state index contributed by atoms with van der Waals surface area (Å²) in [6.07, 6.45) is 2.57. The lowest BCUT2D eigenvalue weighted by Gasteiger charge is -2.27. The Morgan fingerprint density at radius 1 is 0.946 bits per heavy atom. The van der Waals surface area contributed by atoms with E-state index >= 15 is 0 Å². The van der Waals surface area contributed by atoms with Crippen LogP contribution in [0.2, 0.25) is 0 Å². The van der Waals surface area contributed by atoms with E-state index in [1.165, 1.54) is 10.5 Å². The number of carbonyl (C=O) groups is 1. The minimum atomic E-state index is -1.12. The van der Waals surface area contributed by atoms with Gasteiger partial charge in [0.25, 0.3) is 5.91 Å². The molecule has 0 saturated heterocycles. The highest BCUT2D eigenvalue weighted by Crippen LogP contribution is 2.42. The number of benzene rings is 3. The zero-order valence-corrected chi connectivity index (χ0v) is 22.9. The first-order chi connectivity index (χ1) is 17.9. The number of rotatable bonds is 9. The minimum Gasteiger partial charge on any atom is -0.497 e. The fraction of sp³-hybridized carbons (Fsp3) is 0.355. The number of ether oxygens (including phenoxy) is 2. The average molecular weight is 502 g/mol. The maximum Gasteiger partial charge on any atom is 0.261 e. The zero-order chi connectivity index (χ0) is 27.0. The lowest BCUT2D eigenvalue weighted by Crippen LogP contribution is -2.40. The second kappa shape index (κ2) is 12.4. The van der Waals surface area contributed by atoms with Gasteiger partial charge in [-0.25, -0.2) is 4.99 Å². The van der Waals surface area contributed by atoms with Crippen LogP contribution in [0.1, 0.15) is 57.2 Å². The maximum absolute atomic E-state index is 13.4. The standard InChI is InChI=1S/C29H33N3O3.C2H6/c1-5-8-20-9-7-10-22(17-20)23-13-16-26(35-19-21-11-14-24(34-4)15-12-21)25(18-23)29(6-2)27(33)32(3)28(30)31-29;1-2/h7,9-18H,5-6,8,19H2,1-4H3,(H2,30,31);1-2H3/t29-;/m1./s1. The Hall–Kier alpha value is -3.80. The number of methoxy groups -OCH3 is 1. The number of amides is 1. The number of likely N-dealkylation sites (N-methyl/N-ethyl adjacent to an activating group) is 1. The third kappa shape index (κ3) is 5.79. The van der Waals surface area contributed by atoms with Gasteiger partial charge in [-0.1, -0.05) is 76.6 Å². The second-order valence-corrected chi connectivity index (χ2v) is 8.85. The van der Waals surface area contributed by atoms with Crippen LogP contribution in [0, 0.1) is 0 Å². The molecule has 196 valence electrons. The molecular weight excluding hydrogens is 462 g/mol. The smallest absolute Gasteiger partial charge is 0.261 e. The fourth-order valence-corrected chi connectivity index (χ4v) is 4.53. The quantitative estimate of drug-likeness (QED) is 0.373. The first-order valence-electron chi connectivity index (χ1n) is 13.0. The summed E-state index contributed by atoms with van der Waals surface area (Å²) in [5.74, 6) is 1.48. The summed E-state index contributed by atoms with van der Waals surface area (Å²) in [5.41, 5.74) is 10.1. The highest BCUT2D eigenvalue weighted by molar-refractivity contribution is 6.07. The molecule has 37 heavy (non-hydrogen) atoms. The van der Waals surface area contributed by atoms with Crippen molar-refractivity contribution in [2.24, 2.45) is 10.7 Å². The Morgan fingerprint density at radius 3 is 2.24 bits per heavy atom. The molecule has 0 fully saturated rings. The van der Waals surface area contributed by atoms with Crippen LogP contribution >= 0.6 is 0 Å². The van der Waals surface area contributed by atoms with Gasteiger partial charge in [0.15, 0.2) is 11.5 Å². The number of aliphatic imine (C=N–C) groups is 1. The third-order valence-corrected chi connectivity index (χ3v) is 6.60. The Morgan fingerprint density at radius 2 is 1.65 bits per heavy atom. The highest BCUT2D eigenvalue weighted by atomic mass is 16.5. The van der Waals surface area contributed by atoms with Gasteiger partial charge in [0.05, 0.1) is 7.11 Å². The predicted molar refractivity (Wildman–Crippen MR) is 151 cm³/mol. The molecule has 1 aliphatic heterocycles. The van der Waals surface area contributed by atoms with Gasteiger partial charge in [0, 0.05) is 12.6 Å². The molecule has 1 atom stereocenters. The van der Waals surface area contributed by atoms with Crippen molar-refractivity contribution in [2.75, 3.05) is 14.2 Å². The van der Waals surface area contributed by atoms with Crippen LogP contribution in [0.3, 0.4) is 0 Å². The van der Waals surface area contributed by atoms with Crippen molar-refractivity contribution < 1.29 is 14.3 Å². The van der Waals surface area contributed by atoms with Gasteiger partial charge < -0.3 is 15.2 Å². The number of nitrogens with zero attached hydrogens (tertiary/aromatic N) is 2. The van der Waals surface area contributed by atoms with Crippen molar-refractivity contribution in [1.29, 1.82) is 0 Å². The number of aryl methyl sites for hydroxylation is 1. The van der Waals surface area contributed by atoms with Gasteiger partial charge in [-0.05, 0) is 59.4 Å². The number of nitrogens with two attached hydrogens (primary N) is 1. The first-order valence-corrected chi connectivity index (χ1v) is 13.0. The number of hydrogen-bond acceptors (Lipinski definition) is 5. The molecule has 1 aliphatic rings. The van der Waals surface area contributed by atoms with E-state index in [-0.39, 0.29) is 11.9 Å². The van der Waals surface area contributed by atoms with Crippen molar-refractivity contribution in [3.63, 3.8) is 0 Å². The Labute approximate surface area is 221 Å². The summed E-state index contributed by atoms with van der Waals surface area (Å²) in [5, 5.41) is 0. The number of carbonyl (C=O) groups excluding carboxylic acids is 1. The van der Waals surface area contributed by atoms with E-state index in [2.05, 4.69) is 36.2 Å². The van der Waals surface area contributed by atoms with Crippen LogP contribution in [-0.4, -0.2) is 30.9 Å². The highest BCUT2D eigenvalue weighted by Gasteiger charge is 2.48.